The SMILES string of the molecule is COC1=C(Cl)CC2C(=C1)C(CC(=O)O)=C(C)N2C(=O)c1ccc(SC(F)(F)F)s1. The molecular weight excluding hydrogens is 451 g/mol. The number of aliphatic carboxylic acids is 1. The number of carboxylic acid groups (broad SMARTS) is 1. The molecule has 2 aliphatic rings. The van der Waals surface area contributed by atoms with E-state index in [-0.39, 0.29) is 33.7 Å². The number of nitrogens with zero attached hydrogens (tertiary/aromatic N) is 1. The lowest BCUT2D eigenvalue weighted by Gasteiger charge is -2.29. The maximum Gasteiger partial charge on any atom is 0.447 e. The Balaban J connectivity index is 1.98. The van der Waals surface area contributed by atoms with Gasteiger partial charge in [0.15, 0.2) is 0 Å². The number of fused-ring (bicyclic) bond motifs is 1. The molecule has 29 heavy (non-hydrogen) atoms. The standard InChI is InChI=1S/C18H15ClF3NO4S2/c1-8-9(6-15(24)25)10-5-13(27-2)11(19)7-12(10)23(8)17(26)14-3-4-16(28-14)29-18(20,21)22/h3-5,12H,6-7H2,1-2H3,(H,24,25). The lowest BCUT2D eigenvalue weighted by molar-refractivity contribution is -0.136. The van der Waals surface area contributed by atoms with Crippen LogP contribution in [0.25, 0.3) is 0 Å². The van der Waals surface area contributed by atoms with Crippen LogP contribution >= 0.6 is 34.7 Å². The van der Waals surface area contributed by atoms with E-state index in [1.54, 1.807) is 13.0 Å². The van der Waals surface area contributed by atoms with Crippen LogP contribution in [0.5, 0.6) is 0 Å². The molecule has 1 aliphatic carbocycles. The van der Waals surface area contributed by atoms with E-state index in [2.05, 4.69) is 0 Å². The maximum absolute atomic E-state index is 13.1. The fourth-order valence-corrected chi connectivity index (χ4v) is 5.41. The third-order valence-corrected chi connectivity index (χ3v) is 6.80. The molecule has 1 aliphatic heterocycles. The topological polar surface area (TPSA) is 66.8 Å². The van der Waals surface area contributed by atoms with Gasteiger partial charge in [-0.15, -0.1) is 11.3 Å². The molecule has 156 valence electrons. The molecule has 1 amide bonds. The van der Waals surface area contributed by atoms with Gasteiger partial charge in [0.25, 0.3) is 5.91 Å². The molecule has 1 aromatic heterocycles. The summed E-state index contributed by atoms with van der Waals surface area (Å²) in [5, 5.41) is 9.65. The quantitative estimate of drug-likeness (QED) is 0.593. The number of hydrogen-bond donors (Lipinski definition) is 1. The average molecular weight is 466 g/mol. The first-order valence-corrected chi connectivity index (χ1v) is 10.3. The molecule has 5 nitrogen and oxygen atoms in total. The summed E-state index contributed by atoms with van der Waals surface area (Å²) in [5.41, 5.74) is -2.93. The summed E-state index contributed by atoms with van der Waals surface area (Å²) < 4.78 is 43.0. The molecule has 1 N–H and O–H groups in total. The summed E-state index contributed by atoms with van der Waals surface area (Å²) in [4.78, 5) is 26.0. The summed E-state index contributed by atoms with van der Waals surface area (Å²) in [6.45, 7) is 1.62. The number of thiophene rings is 1. The average Bonchev–Trinajstić information content (AvgIpc) is 3.15. The zero-order valence-electron chi connectivity index (χ0n) is 15.2. The lowest BCUT2D eigenvalue weighted by Crippen LogP contribution is -2.36. The van der Waals surface area contributed by atoms with Gasteiger partial charge in [0.1, 0.15) is 5.76 Å². The molecule has 0 saturated heterocycles. The van der Waals surface area contributed by atoms with E-state index >= 15 is 0 Å². The highest BCUT2D eigenvalue weighted by atomic mass is 35.5. The predicted molar refractivity (Wildman–Crippen MR) is 104 cm³/mol. The van der Waals surface area contributed by atoms with Crippen molar-refractivity contribution in [1.29, 1.82) is 0 Å². The van der Waals surface area contributed by atoms with Gasteiger partial charge in [-0.25, -0.2) is 0 Å². The van der Waals surface area contributed by atoms with Crippen LogP contribution in [0.2, 0.25) is 0 Å². The van der Waals surface area contributed by atoms with Crippen LogP contribution in [-0.2, 0) is 9.53 Å². The van der Waals surface area contributed by atoms with E-state index in [4.69, 9.17) is 16.3 Å². The van der Waals surface area contributed by atoms with Gasteiger partial charge in [-0.3, -0.25) is 9.59 Å². The smallest absolute Gasteiger partial charge is 0.447 e. The number of thioether (sulfide) groups is 1. The zero-order valence-corrected chi connectivity index (χ0v) is 17.6. The van der Waals surface area contributed by atoms with Crippen LogP contribution < -0.4 is 0 Å². The van der Waals surface area contributed by atoms with E-state index < -0.39 is 23.4 Å². The van der Waals surface area contributed by atoms with Crippen molar-refractivity contribution in [2.75, 3.05) is 7.11 Å². The van der Waals surface area contributed by atoms with Crippen molar-refractivity contribution in [2.45, 2.75) is 35.5 Å². The normalized spacial score (nSPS) is 19.4. The Kier molecular flexibility index (Phi) is 6.07. The van der Waals surface area contributed by atoms with Crippen molar-refractivity contribution < 1.29 is 32.6 Å². The van der Waals surface area contributed by atoms with Crippen LogP contribution in [0, 0.1) is 0 Å². The molecule has 0 radical (unpaired) electrons. The molecule has 0 bridgehead atoms. The van der Waals surface area contributed by atoms with Gasteiger partial charge in [-0.2, -0.15) is 13.2 Å². The summed E-state index contributed by atoms with van der Waals surface area (Å²) >= 11 is 6.71. The van der Waals surface area contributed by atoms with E-state index in [0.717, 1.165) is 11.3 Å². The number of methoxy groups -OCH3 is 1. The first-order valence-electron chi connectivity index (χ1n) is 8.27. The number of allylic oxidation sites excluding steroid dienone is 2. The van der Waals surface area contributed by atoms with E-state index in [1.165, 1.54) is 24.1 Å². The maximum atomic E-state index is 13.1. The van der Waals surface area contributed by atoms with E-state index in [1.807, 2.05) is 0 Å². The number of ether oxygens (including phenoxy) is 1. The molecule has 1 unspecified atom stereocenters. The third-order valence-electron chi connectivity index (χ3n) is 4.52. The Morgan fingerprint density at radius 3 is 2.69 bits per heavy atom. The minimum absolute atomic E-state index is 0.0496. The number of amides is 1. The second-order valence-corrected chi connectivity index (χ2v) is 9.17. The highest BCUT2D eigenvalue weighted by Crippen LogP contribution is 2.45. The van der Waals surface area contributed by atoms with Crippen molar-refractivity contribution in [2.24, 2.45) is 0 Å². The van der Waals surface area contributed by atoms with Gasteiger partial charge in [0, 0.05) is 12.1 Å². The first kappa shape index (κ1) is 21.8. The van der Waals surface area contributed by atoms with Crippen LogP contribution in [0.15, 0.2) is 50.1 Å². The number of alkyl halides is 3. The summed E-state index contributed by atoms with van der Waals surface area (Å²) in [6.07, 6.45) is 1.54. The second kappa shape index (κ2) is 8.08. The van der Waals surface area contributed by atoms with E-state index in [0.29, 0.717) is 27.6 Å². The third kappa shape index (κ3) is 4.49. The van der Waals surface area contributed by atoms with Crippen molar-refractivity contribution >= 4 is 46.6 Å². The van der Waals surface area contributed by atoms with Crippen molar-refractivity contribution in [3.63, 3.8) is 0 Å². The molecule has 0 aromatic carbocycles. The molecule has 0 fully saturated rings. The first-order chi connectivity index (χ1) is 13.5. The summed E-state index contributed by atoms with van der Waals surface area (Å²) in [5.74, 6) is -1.17. The highest BCUT2D eigenvalue weighted by molar-refractivity contribution is 8.02. The van der Waals surface area contributed by atoms with Gasteiger partial charge in [0.05, 0.1) is 33.7 Å². The minimum Gasteiger partial charge on any atom is -0.496 e. The molecule has 1 aromatic rings. The number of carboxylic acids is 1. The number of hydrogen-bond acceptors (Lipinski definition) is 5. The Morgan fingerprint density at radius 1 is 1.41 bits per heavy atom. The Hall–Kier alpha value is -1.91. The molecular formula is C18H15ClF3NO4S2. The summed E-state index contributed by atoms with van der Waals surface area (Å²) in [6, 6.07) is 2.05. The number of rotatable bonds is 5. The van der Waals surface area contributed by atoms with Crippen LogP contribution in [0.1, 0.15) is 29.4 Å². The van der Waals surface area contributed by atoms with Crippen LogP contribution in [0.4, 0.5) is 13.2 Å². The summed E-state index contributed by atoms with van der Waals surface area (Å²) in [7, 11) is 1.44. The molecule has 0 saturated carbocycles. The van der Waals surface area contributed by atoms with Gasteiger partial charge in [-0.1, -0.05) is 11.6 Å². The van der Waals surface area contributed by atoms with Gasteiger partial charge in [0.2, 0.25) is 0 Å². The van der Waals surface area contributed by atoms with Crippen molar-refractivity contribution in [1.82, 2.24) is 4.90 Å². The monoisotopic (exact) mass is 465 g/mol. The minimum atomic E-state index is -4.45. The van der Waals surface area contributed by atoms with Gasteiger partial charge in [-0.05, 0) is 48.0 Å². The largest absolute Gasteiger partial charge is 0.496 e. The lowest BCUT2D eigenvalue weighted by atomic mass is 9.92. The van der Waals surface area contributed by atoms with E-state index in [9.17, 15) is 27.9 Å². The fraction of sp³-hybridized carbons (Fsp3) is 0.333. The second-order valence-electron chi connectivity index (χ2n) is 6.27. The number of carbonyl (C=O) groups is 2. The number of carbonyl (C=O) groups excluding carboxylic acids is 1. The Morgan fingerprint density at radius 2 is 2.10 bits per heavy atom. The van der Waals surface area contributed by atoms with Gasteiger partial charge >= 0.3 is 11.5 Å². The Bertz CT molecular complexity index is 965. The molecule has 3 rings (SSSR count). The Labute approximate surface area is 177 Å². The molecule has 0 spiro atoms. The van der Waals surface area contributed by atoms with Crippen LogP contribution in [0.3, 0.4) is 0 Å². The van der Waals surface area contributed by atoms with Crippen molar-refractivity contribution in [3.8, 4) is 0 Å². The predicted octanol–water partition coefficient (Wildman–Crippen LogP) is 5.36. The number of halogens is 4. The molecule has 11 heteroatoms. The van der Waals surface area contributed by atoms with Gasteiger partial charge < -0.3 is 14.7 Å². The molecule has 2 heterocycles. The van der Waals surface area contributed by atoms with Crippen LogP contribution in [-0.4, -0.2) is 40.5 Å². The molecule has 1 atom stereocenters. The fourth-order valence-electron chi connectivity index (χ4n) is 3.37. The zero-order chi connectivity index (χ0) is 21.5. The highest BCUT2D eigenvalue weighted by Gasteiger charge is 2.42. The van der Waals surface area contributed by atoms with Crippen molar-refractivity contribution in [3.05, 3.63) is 50.7 Å².